The summed E-state index contributed by atoms with van der Waals surface area (Å²) in [6.07, 6.45) is 1.82. The van der Waals surface area contributed by atoms with Crippen molar-refractivity contribution in [3.63, 3.8) is 0 Å². The largest absolute Gasteiger partial charge is 0.300 e. The Labute approximate surface area is 123 Å². The molecule has 0 aliphatic carbocycles. The predicted octanol–water partition coefficient (Wildman–Crippen LogP) is 3.10. The summed E-state index contributed by atoms with van der Waals surface area (Å²) in [7, 11) is 0. The van der Waals surface area contributed by atoms with Crippen LogP contribution < -0.4 is 5.56 Å². The molecule has 0 atom stereocenters. The van der Waals surface area contributed by atoms with Crippen molar-refractivity contribution in [2.45, 2.75) is 12.1 Å². The zero-order chi connectivity index (χ0) is 14.0. The molecule has 19 heavy (non-hydrogen) atoms. The Hall–Kier alpha value is -1.58. The second kappa shape index (κ2) is 5.59. The Balaban J connectivity index is 2.73. The number of thioether (sulfide) groups is 1. The summed E-state index contributed by atoms with van der Waals surface area (Å²) >= 11 is 4.76. The van der Waals surface area contributed by atoms with Gasteiger partial charge in [0, 0.05) is 10.0 Å². The van der Waals surface area contributed by atoms with Crippen molar-refractivity contribution in [1.82, 2.24) is 9.97 Å². The Bertz CT molecular complexity index is 734. The van der Waals surface area contributed by atoms with Gasteiger partial charge in [0.15, 0.2) is 5.16 Å². The zero-order valence-electron chi connectivity index (χ0n) is 10.3. The average molecular weight is 336 g/mol. The molecule has 0 radical (unpaired) electrons. The van der Waals surface area contributed by atoms with E-state index in [0.717, 1.165) is 15.6 Å². The first kappa shape index (κ1) is 13.8. The number of rotatable bonds is 2. The molecule has 0 unspecified atom stereocenters. The van der Waals surface area contributed by atoms with Crippen LogP contribution in [0.4, 0.5) is 0 Å². The van der Waals surface area contributed by atoms with Crippen molar-refractivity contribution in [3.8, 4) is 17.3 Å². The molecule has 0 aliphatic heterocycles. The Morgan fingerprint density at radius 3 is 2.79 bits per heavy atom. The number of nitrogens with one attached hydrogen (secondary N) is 1. The molecular weight excluding hydrogens is 326 g/mol. The fourth-order valence-corrected chi connectivity index (χ4v) is 2.28. The summed E-state index contributed by atoms with van der Waals surface area (Å²) in [5.74, 6) is 0. The van der Waals surface area contributed by atoms with Gasteiger partial charge in [-0.3, -0.25) is 4.79 Å². The Kier molecular flexibility index (Phi) is 4.08. The number of aromatic nitrogens is 2. The van der Waals surface area contributed by atoms with Gasteiger partial charge in [0.25, 0.3) is 5.56 Å². The molecular formula is C13H10BrN3OS. The average Bonchev–Trinajstić information content (AvgIpc) is 2.41. The molecule has 0 fully saturated rings. The lowest BCUT2D eigenvalue weighted by Crippen LogP contribution is -2.14. The van der Waals surface area contributed by atoms with E-state index in [1.807, 2.05) is 37.4 Å². The van der Waals surface area contributed by atoms with Gasteiger partial charge >= 0.3 is 0 Å². The van der Waals surface area contributed by atoms with Crippen molar-refractivity contribution in [2.75, 3.05) is 6.26 Å². The number of aryl methyl sites for hydroxylation is 1. The van der Waals surface area contributed by atoms with E-state index >= 15 is 0 Å². The van der Waals surface area contributed by atoms with Crippen molar-refractivity contribution in [2.24, 2.45) is 0 Å². The topological polar surface area (TPSA) is 69.5 Å². The van der Waals surface area contributed by atoms with Crippen LogP contribution in [-0.4, -0.2) is 16.2 Å². The van der Waals surface area contributed by atoms with Crippen LogP contribution >= 0.6 is 27.7 Å². The molecule has 2 aromatic rings. The number of nitriles is 1. The minimum atomic E-state index is -0.405. The van der Waals surface area contributed by atoms with Crippen LogP contribution in [0.2, 0.25) is 0 Å². The highest BCUT2D eigenvalue weighted by atomic mass is 79.9. The predicted molar refractivity (Wildman–Crippen MR) is 79.2 cm³/mol. The van der Waals surface area contributed by atoms with Gasteiger partial charge in [-0.2, -0.15) is 5.26 Å². The monoisotopic (exact) mass is 335 g/mol. The van der Waals surface area contributed by atoms with E-state index in [9.17, 15) is 4.79 Å². The molecule has 0 bridgehead atoms. The molecule has 0 saturated heterocycles. The molecule has 2 rings (SSSR count). The number of hydrogen-bond acceptors (Lipinski definition) is 4. The maximum Gasteiger partial charge on any atom is 0.270 e. The van der Waals surface area contributed by atoms with Crippen molar-refractivity contribution < 1.29 is 0 Å². The van der Waals surface area contributed by atoms with Gasteiger partial charge in [0.05, 0.1) is 5.69 Å². The van der Waals surface area contributed by atoms with Crippen LogP contribution in [0.3, 0.4) is 0 Å². The Morgan fingerprint density at radius 2 is 2.21 bits per heavy atom. The number of halogens is 1. The fourth-order valence-electron chi connectivity index (χ4n) is 1.65. The molecule has 1 heterocycles. The Morgan fingerprint density at radius 1 is 1.47 bits per heavy atom. The van der Waals surface area contributed by atoms with Crippen molar-refractivity contribution in [3.05, 3.63) is 44.2 Å². The van der Waals surface area contributed by atoms with Gasteiger partial charge < -0.3 is 4.98 Å². The third-order valence-electron chi connectivity index (χ3n) is 2.63. The van der Waals surface area contributed by atoms with Gasteiger partial charge in [-0.15, -0.1) is 0 Å². The van der Waals surface area contributed by atoms with Gasteiger partial charge in [-0.25, -0.2) is 4.98 Å². The first-order chi connectivity index (χ1) is 9.06. The standard InChI is InChI=1S/C13H10BrN3OS/c1-7-5-8(3-4-10(7)14)11-9(6-15)12(18)17-13(16-11)19-2/h3-5H,1-2H3,(H,16,17,18). The molecule has 96 valence electrons. The number of hydrogen-bond donors (Lipinski definition) is 1. The van der Waals surface area contributed by atoms with E-state index in [-0.39, 0.29) is 5.56 Å². The van der Waals surface area contributed by atoms with E-state index in [0.29, 0.717) is 10.9 Å². The van der Waals surface area contributed by atoms with E-state index in [1.165, 1.54) is 11.8 Å². The molecule has 6 heteroatoms. The van der Waals surface area contributed by atoms with Crippen LogP contribution in [0.15, 0.2) is 32.6 Å². The van der Waals surface area contributed by atoms with Gasteiger partial charge in [-0.05, 0) is 30.9 Å². The van der Waals surface area contributed by atoms with E-state index in [1.54, 1.807) is 0 Å². The summed E-state index contributed by atoms with van der Waals surface area (Å²) in [6.45, 7) is 1.95. The quantitative estimate of drug-likeness (QED) is 0.676. The number of benzene rings is 1. The second-order valence-corrected chi connectivity index (χ2v) is 5.52. The number of H-pyrrole nitrogens is 1. The van der Waals surface area contributed by atoms with Crippen LogP contribution in [-0.2, 0) is 0 Å². The lowest BCUT2D eigenvalue weighted by atomic mass is 10.1. The summed E-state index contributed by atoms with van der Waals surface area (Å²) in [4.78, 5) is 18.7. The van der Waals surface area contributed by atoms with Crippen molar-refractivity contribution in [1.29, 1.82) is 5.26 Å². The van der Waals surface area contributed by atoms with Gasteiger partial charge in [0.1, 0.15) is 11.6 Å². The maximum absolute atomic E-state index is 11.8. The first-order valence-electron chi connectivity index (χ1n) is 5.41. The number of aromatic amines is 1. The molecule has 0 saturated carbocycles. The lowest BCUT2D eigenvalue weighted by Gasteiger charge is -2.07. The summed E-state index contributed by atoms with van der Waals surface area (Å²) < 4.78 is 0.977. The summed E-state index contributed by atoms with van der Waals surface area (Å²) in [5.41, 5.74) is 1.84. The SMILES string of the molecule is CSc1nc(-c2ccc(Br)c(C)c2)c(C#N)c(=O)[nH]1. The molecule has 0 spiro atoms. The lowest BCUT2D eigenvalue weighted by molar-refractivity contribution is 0.937. The van der Waals surface area contributed by atoms with E-state index < -0.39 is 5.56 Å². The van der Waals surface area contributed by atoms with E-state index in [4.69, 9.17) is 5.26 Å². The second-order valence-electron chi connectivity index (χ2n) is 3.87. The highest BCUT2D eigenvalue weighted by Gasteiger charge is 2.13. The number of nitrogens with zero attached hydrogens (tertiary/aromatic N) is 2. The zero-order valence-corrected chi connectivity index (χ0v) is 12.7. The van der Waals surface area contributed by atoms with Crippen LogP contribution in [0.25, 0.3) is 11.3 Å². The third kappa shape index (κ3) is 2.72. The molecule has 0 aliphatic rings. The summed E-state index contributed by atoms with van der Waals surface area (Å²) in [6, 6.07) is 7.54. The highest BCUT2D eigenvalue weighted by molar-refractivity contribution is 9.10. The molecule has 1 N–H and O–H groups in total. The van der Waals surface area contributed by atoms with Crippen LogP contribution in [0.1, 0.15) is 11.1 Å². The normalized spacial score (nSPS) is 10.2. The van der Waals surface area contributed by atoms with Gasteiger partial charge in [-0.1, -0.05) is 33.8 Å². The van der Waals surface area contributed by atoms with Gasteiger partial charge in [0.2, 0.25) is 0 Å². The van der Waals surface area contributed by atoms with Crippen molar-refractivity contribution >= 4 is 27.7 Å². The first-order valence-corrected chi connectivity index (χ1v) is 7.43. The van der Waals surface area contributed by atoms with E-state index in [2.05, 4.69) is 25.9 Å². The van der Waals surface area contributed by atoms with Crippen LogP contribution in [0, 0.1) is 18.3 Å². The molecule has 4 nitrogen and oxygen atoms in total. The highest BCUT2D eigenvalue weighted by Crippen LogP contribution is 2.25. The smallest absolute Gasteiger partial charge is 0.270 e. The van der Waals surface area contributed by atoms with Crippen LogP contribution in [0.5, 0.6) is 0 Å². The fraction of sp³-hybridized carbons (Fsp3) is 0.154. The molecule has 0 amide bonds. The minimum absolute atomic E-state index is 0.0412. The third-order valence-corrected chi connectivity index (χ3v) is 4.10. The maximum atomic E-state index is 11.8. The minimum Gasteiger partial charge on any atom is -0.300 e. The molecule has 1 aromatic heterocycles. The summed E-state index contributed by atoms with van der Waals surface area (Å²) in [5, 5.41) is 9.62. The molecule has 1 aromatic carbocycles.